The number of nitrogens with one attached hydrogen (secondary N) is 2. The minimum absolute atomic E-state index is 0.138. The Morgan fingerprint density at radius 3 is 2.52 bits per heavy atom. The van der Waals surface area contributed by atoms with Crippen LogP contribution in [0.15, 0.2) is 18.3 Å². The third kappa shape index (κ3) is 6.11. The molecule has 0 unspecified atom stereocenters. The molecule has 152 valence electrons. The van der Waals surface area contributed by atoms with E-state index in [9.17, 15) is 24.7 Å². The fourth-order valence-electron chi connectivity index (χ4n) is 2.38. The number of hydrogen-bond donors (Lipinski definition) is 7. The molecule has 13 heteroatoms. The topological polar surface area (TPSA) is 191 Å². The first-order valence-corrected chi connectivity index (χ1v) is 9.76. The Morgan fingerprint density at radius 2 is 1.96 bits per heavy atom. The third-order valence-electron chi connectivity index (χ3n) is 3.83. The highest BCUT2D eigenvalue weighted by molar-refractivity contribution is 7.51. The minimum Gasteiger partial charge on any atom is -0.460 e. The predicted octanol–water partition coefficient (Wildman–Crippen LogP) is -1.41. The first kappa shape index (κ1) is 21.5. The lowest BCUT2D eigenvalue weighted by Gasteiger charge is -2.40. The molecule has 1 aromatic rings. The normalized spacial score (nSPS) is 28.4. The van der Waals surface area contributed by atoms with Gasteiger partial charge in [0.15, 0.2) is 0 Å². The molecule has 2 rings (SSSR count). The number of hydrogen-bond acceptors (Lipinski definition) is 8. The van der Waals surface area contributed by atoms with Gasteiger partial charge in [0.25, 0.3) is 0 Å². The summed E-state index contributed by atoms with van der Waals surface area (Å²) in [5.74, 6) is 0.376. The molecule has 0 bridgehead atoms. The smallest absolute Gasteiger partial charge is 0.325 e. The molecule has 0 aromatic carbocycles. The van der Waals surface area contributed by atoms with Crippen LogP contribution in [0.4, 0.5) is 10.6 Å². The van der Waals surface area contributed by atoms with E-state index in [2.05, 4.69) is 15.6 Å². The molecule has 0 radical (unpaired) electrons. The summed E-state index contributed by atoms with van der Waals surface area (Å²) in [4.78, 5) is 33.0. The molecule has 0 saturated carbocycles. The van der Waals surface area contributed by atoms with Crippen LogP contribution in [-0.4, -0.2) is 80.0 Å². The Kier molecular flexibility index (Phi) is 7.12. The number of carbonyl (C=O) groups excluding carboxylic acids is 1. The van der Waals surface area contributed by atoms with E-state index in [1.54, 1.807) is 0 Å². The number of nitrogens with zero attached hydrogens (tertiary/aromatic N) is 1. The van der Waals surface area contributed by atoms with Gasteiger partial charge in [-0.2, -0.15) is 0 Å². The van der Waals surface area contributed by atoms with Gasteiger partial charge in [-0.1, -0.05) is 0 Å². The van der Waals surface area contributed by atoms with E-state index in [1.807, 2.05) is 0 Å². The van der Waals surface area contributed by atoms with E-state index in [4.69, 9.17) is 19.3 Å². The Morgan fingerprint density at radius 1 is 1.26 bits per heavy atom. The molecule has 0 spiro atoms. The van der Waals surface area contributed by atoms with Gasteiger partial charge in [0, 0.05) is 7.05 Å². The highest BCUT2D eigenvalue weighted by Gasteiger charge is 2.45. The Labute approximate surface area is 154 Å². The summed E-state index contributed by atoms with van der Waals surface area (Å²) in [5.41, 5.74) is 0. The summed E-state index contributed by atoms with van der Waals surface area (Å²) in [5, 5.41) is 34.7. The lowest BCUT2D eigenvalue weighted by atomic mass is 9.97. The molecule has 1 aliphatic rings. The average Bonchev–Trinajstić information content (AvgIpc) is 2.61. The van der Waals surface area contributed by atoms with E-state index < -0.39 is 50.5 Å². The van der Waals surface area contributed by atoms with Crippen molar-refractivity contribution in [1.29, 1.82) is 0 Å². The zero-order valence-corrected chi connectivity index (χ0v) is 15.2. The summed E-state index contributed by atoms with van der Waals surface area (Å²) >= 11 is 0. The summed E-state index contributed by atoms with van der Waals surface area (Å²) in [6.07, 6.45) is -6.89. The van der Waals surface area contributed by atoms with Gasteiger partial charge in [-0.15, -0.1) is 0 Å². The molecule has 27 heavy (non-hydrogen) atoms. The molecule has 0 aliphatic carbocycles. The van der Waals surface area contributed by atoms with Gasteiger partial charge >= 0.3 is 13.6 Å². The van der Waals surface area contributed by atoms with Crippen LogP contribution in [0.1, 0.15) is 6.42 Å². The van der Waals surface area contributed by atoms with Crippen LogP contribution < -0.4 is 15.4 Å². The van der Waals surface area contributed by atoms with Crippen molar-refractivity contribution in [3.63, 3.8) is 0 Å². The highest BCUT2D eigenvalue weighted by Crippen LogP contribution is 2.37. The van der Waals surface area contributed by atoms with E-state index in [1.165, 1.54) is 25.4 Å². The number of anilines is 1. The number of rotatable bonds is 6. The van der Waals surface area contributed by atoms with E-state index in [0.29, 0.717) is 0 Å². The number of pyridine rings is 1. The molecular weight excluding hydrogens is 385 g/mol. The largest absolute Gasteiger partial charge is 0.460 e. The molecule has 2 heterocycles. The van der Waals surface area contributed by atoms with Crippen LogP contribution in [0.25, 0.3) is 0 Å². The quantitative estimate of drug-likeness (QED) is 0.276. The van der Waals surface area contributed by atoms with Crippen LogP contribution in [-0.2, 0) is 9.30 Å². The lowest BCUT2D eigenvalue weighted by molar-refractivity contribution is -0.272. The average molecular weight is 407 g/mol. The Hall–Kier alpha value is -1.79. The number of amides is 2. The second-order valence-corrected chi connectivity index (χ2v) is 7.67. The predicted molar refractivity (Wildman–Crippen MR) is 91.2 cm³/mol. The van der Waals surface area contributed by atoms with Crippen LogP contribution in [0, 0.1) is 0 Å². The maximum absolute atomic E-state index is 11.2. The van der Waals surface area contributed by atoms with Crippen LogP contribution in [0.2, 0.25) is 0 Å². The molecule has 12 nitrogen and oxygen atoms in total. The molecule has 1 aliphatic heterocycles. The second-order valence-electron chi connectivity index (χ2n) is 5.89. The zero-order chi connectivity index (χ0) is 20.2. The van der Waals surface area contributed by atoms with Gasteiger partial charge in [-0.25, -0.2) is 9.78 Å². The molecule has 1 aromatic heterocycles. The second kappa shape index (κ2) is 8.93. The first-order valence-electron chi connectivity index (χ1n) is 7.96. The third-order valence-corrected chi connectivity index (χ3v) is 4.67. The molecule has 7 N–H and O–H groups in total. The fraction of sp³-hybridized carbons (Fsp3) is 0.571. The summed E-state index contributed by atoms with van der Waals surface area (Å²) in [7, 11) is -2.88. The highest BCUT2D eigenvalue weighted by atomic mass is 31.2. The van der Waals surface area contributed by atoms with Crippen LogP contribution in [0.5, 0.6) is 5.75 Å². The molecule has 1 saturated heterocycles. The van der Waals surface area contributed by atoms with Crippen molar-refractivity contribution < 1.29 is 43.9 Å². The number of aromatic nitrogens is 1. The van der Waals surface area contributed by atoms with Crippen molar-refractivity contribution in [1.82, 2.24) is 10.3 Å². The molecular formula is C14H22N3O9P. The van der Waals surface area contributed by atoms with E-state index in [-0.39, 0.29) is 18.0 Å². The molecule has 1 fully saturated rings. The van der Waals surface area contributed by atoms with Gasteiger partial charge in [-0.3, -0.25) is 9.88 Å². The Bertz CT molecular complexity index is 683. The monoisotopic (exact) mass is 407 g/mol. The zero-order valence-electron chi connectivity index (χ0n) is 14.3. The molecule has 5 atom stereocenters. The summed E-state index contributed by atoms with van der Waals surface area (Å²) in [6, 6.07) is 2.39. The number of aliphatic hydroxyl groups excluding tert-OH is 3. The number of ether oxygens (including phenoxy) is 2. The number of aliphatic hydroxyl groups is 3. The standard InChI is InChI=1S/C14H22N3O9P/c1-15-14(21)17-9-3-2-7(6-16-9)25-13-12(20)11(19)10(18)8(26-13)4-5-27(22,23)24/h2-3,6,8,10-13,18-20H,4-5H2,1H3,(H2,22,23,24)(H2,15,16,17,21)/t8-,10-,11+,12+,13+/m1/s1. The van der Waals surface area contributed by atoms with Crippen LogP contribution >= 0.6 is 7.60 Å². The lowest BCUT2D eigenvalue weighted by Crippen LogP contribution is -2.59. The summed E-state index contributed by atoms with van der Waals surface area (Å²) < 4.78 is 21.8. The van der Waals surface area contributed by atoms with Gasteiger partial charge < -0.3 is 39.9 Å². The van der Waals surface area contributed by atoms with Gasteiger partial charge in [-0.05, 0) is 18.6 Å². The first-order chi connectivity index (χ1) is 12.6. The van der Waals surface area contributed by atoms with E-state index in [0.717, 1.165) is 0 Å². The number of urea groups is 1. The Balaban J connectivity index is 2.03. The van der Waals surface area contributed by atoms with Crippen molar-refractivity contribution in [3.8, 4) is 5.75 Å². The molecule has 2 amide bonds. The summed E-state index contributed by atoms with van der Waals surface area (Å²) in [6.45, 7) is 0. The van der Waals surface area contributed by atoms with Crippen LogP contribution in [0.3, 0.4) is 0 Å². The van der Waals surface area contributed by atoms with Crippen molar-refractivity contribution in [2.75, 3.05) is 18.5 Å². The van der Waals surface area contributed by atoms with Crippen molar-refractivity contribution in [2.45, 2.75) is 37.1 Å². The van der Waals surface area contributed by atoms with Gasteiger partial charge in [0.2, 0.25) is 6.29 Å². The van der Waals surface area contributed by atoms with Crippen molar-refractivity contribution in [3.05, 3.63) is 18.3 Å². The minimum atomic E-state index is -4.33. The van der Waals surface area contributed by atoms with Gasteiger partial charge in [0.1, 0.15) is 29.9 Å². The van der Waals surface area contributed by atoms with E-state index >= 15 is 0 Å². The fourth-order valence-corrected chi connectivity index (χ4v) is 2.98. The number of carbonyl (C=O) groups is 1. The SMILES string of the molecule is CNC(=O)Nc1ccc(O[C@H]2O[C@H](CCP(=O)(O)O)[C@@H](O)[C@H](O)[C@@H]2O)cn1. The maximum Gasteiger partial charge on any atom is 0.325 e. The van der Waals surface area contributed by atoms with Crippen molar-refractivity contribution in [2.24, 2.45) is 0 Å². The maximum atomic E-state index is 11.2. The van der Waals surface area contributed by atoms with Gasteiger partial charge in [0.05, 0.1) is 18.5 Å². The van der Waals surface area contributed by atoms with Crippen molar-refractivity contribution >= 4 is 19.4 Å².